The van der Waals surface area contributed by atoms with E-state index in [9.17, 15) is 0 Å². The average molecular weight is 456 g/mol. The van der Waals surface area contributed by atoms with Gasteiger partial charge in [0.2, 0.25) is 0 Å². The number of hydrogen-bond acceptors (Lipinski definition) is 3. The molecule has 2 nitrogen and oxygen atoms in total. The summed E-state index contributed by atoms with van der Waals surface area (Å²) >= 11 is 7.49. The van der Waals surface area contributed by atoms with Crippen molar-refractivity contribution < 1.29 is 4.74 Å². The van der Waals surface area contributed by atoms with E-state index in [0.29, 0.717) is 6.73 Å². The van der Waals surface area contributed by atoms with Gasteiger partial charge < -0.3 is 0 Å². The van der Waals surface area contributed by atoms with Gasteiger partial charge in [-0.1, -0.05) is 0 Å². The van der Waals surface area contributed by atoms with Gasteiger partial charge in [0.05, 0.1) is 0 Å². The van der Waals surface area contributed by atoms with Crippen LogP contribution in [0.5, 0.6) is 0 Å². The minimum atomic E-state index is -2.16. The Bertz CT molecular complexity index is 141. The summed E-state index contributed by atoms with van der Waals surface area (Å²) < 4.78 is 7.72. The van der Waals surface area contributed by atoms with E-state index in [-0.39, 0.29) is 0 Å². The Labute approximate surface area is 108 Å². The summed E-state index contributed by atoms with van der Waals surface area (Å²) in [6.45, 7) is 5.93. The van der Waals surface area contributed by atoms with Crippen LogP contribution in [0.2, 0.25) is 4.44 Å². The first-order valence-electron chi connectivity index (χ1n) is 4.86. The van der Waals surface area contributed by atoms with Crippen molar-refractivity contribution in [3.8, 4) is 0 Å². The molecule has 86 valence electrons. The van der Waals surface area contributed by atoms with Crippen LogP contribution < -0.4 is 5.32 Å². The zero-order valence-electron chi connectivity index (χ0n) is 8.82. The van der Waals surface area contributed by atoms with E-state index < -0.39 is 13.9 Å². The molecule has 0 aromatic rings. The number of thioether (sulfide) groups is 1. The van der Waals surface area contributed by atoms with Gasteiger partial charge >= 0.3 is 109 Å². The van der Waals surface area contributed by atoms with Gasteiger partial charge in [-0.05, 0) is 0 Å². The molecule has 0 aromatic carbocycles. The third-order valence-corrected chi connectivity index (χ3v) is 16.5. The third-order valence-electron chi connectivity index (χ3n) is 1.58. The van der Waals surface area contributed by atoms with Gasteiger partial charge in [0, 0.05) is 0 Å². The van der Waals surface area contributed by atoms with Crippen LogP contribution in [0, 0.1) is 0 Å². The molecule has 0 saturated carbocycles. The zero-order valence-corrected chi connectivity index (χ0v) is 15.7. The summed E-state index contributed by atoms with van der Waals surface area (Å²) in [6, 6.07) is 0. The van der Waals surface area contributed by atoms with Crippen LogP contribution in [-0.4, -0.2) is 43.3 Å². The predicted octanol–water partition coefficient (Wildman–Crippen LogP) is 3.09. The number of hydrogen-bond donors (Lipinski definition) is 1. The van der Waals surface area contributed by atoms with Crippen molar-refractivity contribution >= 4 is 51.1 Å². The maximum atomic E-state index is 5.55. The monoisotopic (exact) mass is 455 g/mol. The second kappa shape index (κ2) is 10.2. The molecule has 1 N–H and O–H groups in total. The van der Waals surface area contributed by atoms with Crippen LogP contribution in [0.1, 0.15) is 13.8 Å². The Morgan fingerprint density at radius 1 is 1.36 bits per heavy atom. The van der Waals surface area contributed by atoms with Crippen LogP contribution in [0.4, 0.5) is 0 Å². The second-order valence-corrected chi connectivity index (χ2v) is 38.9. The Hall–Kier alpha value is 2.03. The van der Waals surface area contributed by atoms with E-state index in [2.05, 4.69) is 44.6 Å². The molecular formula is C8H19Br2NOSSn. The quantitative estimate of drug-likeness (QED) is 0.328. The molecule has 0 bridgehead atoms. The molecule has 0 aliphatic heterocycles. The summed E-state index contributed by atoms with van der Waals surface area (Å²) in [7, 11) is 0. The van der Waals surface area contributed by atoms with Crippen molar-refractivity contribution in [1.29, 1.82) is 0 Å². The molecule has 0 aliphatic rings. The molecule has 0 rings (SSSR count). The number of ether oxygens (including phenoxy) is 1. The van der Waals surface area contributed by atoms with Gasteiger partial charge in [0.15, 0.2) is 0 Å². The summed E-state index contributed by atoms with van der Waals surface area (Å²) in [6.07, 6.45) is 0. The molecule has 0 fully saturated rings. The number of rotatable bonds is 9. The van der Waals surface area contributed by atoms with Crippen molar-refractivity contribution in [2.24, 2.45) is 0 Å². The maximum absolute atomic E-state index is 5.55. The molecule has 0 unspecified atom stereocenters. The summed E-state index contributed by atoms with van der Waals surface area (Å²) in [4.78, 5) is 0. The molecule has 0 heterocycles. The van der Waals surface area contributed by atoms with Crippen molar-refractivity contribution in [1.82, 2.24) is 5.32 Å². The van der Waals surface area contributed by atoms with E-state index in [1.54, 1.807) is 0 Å². The molecule has 0 aliphatic carbocycles. The fraction of sp³-hybridized carbons (Fsp3) is 1.00. The molecule has 0 atom stereocenters. The van der Waals surface area contributed by atoms with Gasteiger partial charge in [-0.25, -0.2) is 0 Å². The first kappa shape index (κ1) is 16.0. The van der Waals surface area contributed by atoms with Crippen LogP contribution in [0.3, 0.4) is 0 Å². The van der Waals surface area contributed by atoms with Gasteiger partial charge in [-0.3, -0.25) is 0 Å². The molecule has 0 spiro atoms. The first-order valence-corrected chi connectivity index (χ1v) is 22.8. The molecular weight excluding hydrogens is 437 g/mol. The SMILES string of the molecule is CCNCO[CH2][Sn]([Br])([Br])[CH2]CSCC. The van der Waals surface area contributed by atoms with Gasteiger partial charge in [-0.2, -0.15) is 0 Å². The van der Waals surface area contributed by atoms with E-state index in [1.807, 2.05) is 11.8 Å². The van der Waals surface area contributed by atoms with E-state index in [4.69, 9.17) is 4.74 Å². The topological polar surface area (TPSA) is 21.3 Å². The summed E-state index contributed by atoms with van der Waals surface area (Å²) in [5, 5.41) is 3.15. The normalized spacial score (nSPS) is 12.0. The van der Waals surface area contributed by atoms with Gasteiger partial charge in [0.25, 0.3) is 0 Å². The molecule has 14 heavy (non-hydrogen) atoms. The summed E-state index contributed by atoms with van der Waals surface area (Å²) in [5.41, 5.74) is 0. The van der Waals surface area contributed by atoms with E-state index >= 15 is 0 Å². The Kier molecular flexibility index (Phi) is 11.7. The van der Waals surface area contributed by atoms with Crippen molar-refractivity contribution in [3.63, 3.8) is 0 Å². The molecule has 0 radical (unpaired) electrons. The van der Waals surface area contributed by atoms with Crippen LogP contribution in [0.15, 0.2) is 0 Å². The van der Waals surface area contributed by atoms with Gasteiger partial charge in [-0.15, -0.1) is 0 Å². The number of halogens is 2. The first-order chi connectivity index (χ1) is 6.62. The molecule has 0 saturated heterocycles. The zero-order chi connectivity index (χ0) is 10.9. The average Bonchev–Trinajstić information content (AvgIpc) is 2.13. The third kappa shape index (κ3) is 10.5. The minimum absolute atomic E-state index is 0.674. The fourth-order valence-electron chi connectivity index (χ4n) is 0.813. The predicted molar refractivity (Wildman–Crippen MR) is 75.9 cm³/mol. The van der Waals surface area contributed by atoms with Crippen LogP contribution >= 0.6 is 37.2 Å². The summed E-state index contributed by atoms with van der Waals surface area (Å²) in [5.74, 6) is 2.45. The van der Waals surface area contributed by atoms with Crippen molar-refractivity contribution in [3.05, 3.63) is 0 Å². The Morgan fingerprint density at radius 3 is 2.64 bits per heavy atom. The van der Waals surface area contributed by atoms with Crippen molar-refractivity contribution in [2.45, 2.75) is 18.3 Å². The second-order valence-electron chi connectivity index (χ2n) is 2.90. The van der Waals surface area contributed by atoms with Crippen molar-refractivity contribution in [2.75, 3.05) is 29.4 Å². The molecule has 0 aromatic heterocycles. The molecule has 0 amide bonds. The standard InChI is InChI=1S/C4H10NO.C4H9S.2BrH.Sn/c1-3-5-4-6-2;1-3-5-4-2;;;/h5H,2-4H2,1H3;1,3-4H2,2H3;2*1H;/q;;;;+2/p-2. The van der Waals surface area contributed by atoms with E-state index in [1.165, 1.54) is 15.9 Å². The van der Waals surface area contributed by atoms with Crippen LogP contribution in [0.25, 0.3) is 0 Å². The van der Waals surface area contributed by atoms with E-state index in [0.717, 1.165) is 11.2 Å². The Balaban J connectivity index is 3.40. The van der Waals surface area contributed by atoms with Gasteiger partial charge in [0.1, 0.15) is 0 Å². The Morgan fingerprint density at radius 2 is 2.07 bits per heavy atom. The fourth-order valence-corrected chi connectivity index (χ4v) is 15.6. The van der Waals surface area contributed by atoms with Crippen LogP contribution in [-0.2, 0) is 4.74 Å². The number of nitrogens with one attached hydrogen (secondary N) is 1. The molecule has 6 heteroatoms.